The Kier molecular flexibility index (Phi) is 9.39. The monoisotopic (exact) mass is 486 g/mol. The Morgan fingerprint density at radius 1 is 0.694 bits per heavy atom. The maximum absolute atomic E-state index is 11.2. The van der Waals surface area contributed by atoms with Crippen LogP contribution in [0.4, 0.5) is 22.7 Å². The van der Waals surface area contributed by atoms with E-state index in [4.69, 9.17) is 5.73 Å². The molecule has 0 heterocycles. The average molecular weight is 487 g/mol. The third-order valence-electron chi connectivity index (χ3n) is 4.99. The van der Waals surface area contributed by atoms with Crippen molar-refractivity contribution < 1.29 is 14.6 Å². The minimum absolute atomic E-state index is 0. The molecule has 4 aromatic rings. The number of hydrogen-bond acceptors (Lipinski definition) is 6. The molecule has 0 saturated heterocycles. The molecule has 0 bridgehead atoms. The first kappa shape index (κ1) is 27.2. The predicted octanol–water partition coefficient (Wildman–Crippen LogP) is 6.70. The largest absolute Gasteiger partial charge is 0.393 e. The lowest BCUT2D eigenvalue weighted by Gasteiger charge is -2.10. The Labute approximate surface area is 208 Å². The zero-order chi connectivity index (χ0) is 25.4. The second-order valence-electron chi connectivity index (χ2n) is 7.37. The molecule has 0 fully saturated rings. The third kappa shape index (κ3) is 6.51. The first-order valence-electron chi connectivity index (χ1n) is 10.5. The lowest BCUT2D eigenvalue weighted by atomic mass is 10.0. The number of nitro groups is 2. The Bertz CT molecular complexity index is 1360. The molecular weight excluding hydrogens is 460 g/mol. The summed E-state index contributed by atoms with van der Waals surface area (Å²) in [6, 6.07) is 28.1. The molecule has 184 valence electrons. The highest BCUT2D eigenvalue weighted by atomic mass is 16.6. The van der Waals surface area contributed by atoms with Gasteiger partial charge in [0.15, 0.2) is 0 Å². The van der Waals surface area contributed by atoms with Crippen molar-refractivity contribution >= 4 is 28.7 Å². The topological polar surface area (TPSA) is 141 Å². The average Bonchev–Trinajstić information content (AvgIpc) is 2.85. The molecule has 36 heavy (non-hydrogen) atoms. The molecule has 9 heteroatoms. The molecule has 3 N–H and O–H groups in total. The Hall–Kier alpha value is -5.05. The maximum atomic E-state index is 11.2. The number of nitrogens with zero attached hydrogens (tertiary/aromatic N) is 2. The van der Waals surface area contributed by atoms with E-state index in [1.807, 2.05) is 60.7 Å². The van der Waals surface area contributed by atoms with Crippen LogP contribution in [0.3, 0.4) is 0 Å². The highest BCUT2D eigenvalue weighted by Crippen LogP contribution is 2.35. The molecule has 0 aromatic heterocycles. The lowest BCUT2D eigenvalue weighted by molar-refractivity contribution is -0.384. The van der Waals surface area contributed by atoms with Crippen molar-refractivity contribution in [2.45, 2.75) is 14.4 Å². The van der Waals surface area contributed by atoms with Crippen LogP contribution in [-0.4, -0.2) is 15.8 Å². The van der Waals surface area contributed by atoms with Crippen molar-refractivity contribution in [2.75, 3.05) is 11.1 Å². The van der Waals surface area contributed by atoms with Crippen LogP contribution in [0, 0.1) is 20.2 Å². The Balaban J connectivity index is 0.000000250. The van der Waals surface area contributed by atoms with Crippen molar-refractivity contribution in [2.24, 2.45) is 0 Å². The predicted molar refractivity (Wildman–Crippen MR) is 143 cm³/mol. The SMILES string of the molecule is C.CC(=O)Nc1c(-c2ccccc2)cccc1[N+](=O)[O-].Nc1c(-c2ccccc2)cccc1[N+](=O)[O-]. The molecule has 0 radical (unpaired) electrons. The van der Waals surface area contributed by atoms with E-state index in [-0.39, 0.29) is 36.1 Å². The smallest absolute Gasteiger partial charge is 0.293 e. The fourth-order valence-electron chi connectivity index (χ4n) is 3.44. The van der Waals surface area contributed by atoms with Gasteiger partial charge in [-0.1, -0.05) is 92.4 Å². The summed E-state index contributed by atoms with van der Waals surface area (Å²) in [5.41, 5.74) is 9.05. The number of rotatable bonds is 5. The summed E-state index contributed by atoms with van der Waals surface area (Å²) < 4.78 is 0. The van der Waals surface area contributed by atoms with Gasteiger partial charge in [0.2, 0.25) is 5.91 Å². The van der Waals surface area contributed by atoms with Gasteiger partial charge in [-0.2, -0.15) is 0 Å². The van der Waals surface area contributed by atoms with Crippen molar-refractivity contribution in [3.8, 4) is 22.3 Å². The normalized spacial score (nSPS) is 9.69. The standard InChI is InChI=1S/C14H12N2O3.C12H10N2O2.CH4/c1-10(17)15-14-12(11-6-3-2-4-7-11)8-5-9-13(14)16(18)19;13-12-10(9-5-2-1-3-6-9)7-4-8-11(12)14(15)16;/h2-9H,1H3,(H,15,17);1-8H,13H2;1H4. The van der Waals surface area contributed by atoms with Crippen molar-refractivity contribution in [3.05, 3.63) is 117 Å². The molecule has 0 aliphatic carbocycles. The van der Waals surface area contributed by atoms with Crippen LogP contribution >= 0.6 is 0 Å². The molecular formula is C27H26N4O5. The molecule has 0 atom stereocenters. The fourth-order valence-corrected chi connectivity index (χ4v) is 3.44. The van der Waals surface area contributed by atoms with Crippen LogP contribution in [0.25, 0.3) is 22.3 Å². The van der Waals surface area contributed by atoms with Gasteiger partial charge < -0.3 is 11.1 Å². The summed E-state index contributed by atoms with van der Waals surface area (Å²) in [6.45, 7) is 1.32. The van der Waals surface area contributed by atoms with Gasteiger partial charge in [0, 0.05) is 30.2 Å². The third-order valence-corrected chi connectivity index (χ3v) is 4.99. The number of nitrogens with two attached hydrogens (primary N) is 1. The van der Waals surface area contributed by atoms with Crippen LogP contribution < -0.4 is 11.1 Å². The first-order valence-corrected chi connectivity index (χ1v) is 10.5. The number of amides is 1. The molecule has 4 aromatic carbocycles. The molecule has 9 nitrogen and oxygen atoms in total. The molecule has 4 rings (SSSR count). The number of nitrogens with one attached hydrogen (secondary N) is 1. The Morgan fingerprint density at radius 3 is 1.61 bits per heavy atom. The van der Waals surface area contributed by atoms with E-state index in [1.54, 1.807) is 24.3 Å². The van der Waals surface area contributed by atoms with Crippen molar-refractivity contribution in [1.29, 1.82) is 0 Å². The van der Waals surface area contributed by atoms with Crippen LogP contribution in [-0.2, 0) is 4.79 Å². The van der Waals surface area contributed by atoms with Gasteiger partial charge in [0.25, 0.3) is 11.4 Å². The van der Waals surface area contributed by atoms with Gasteiger partial charge in [-0.3, -0.25) is 25.0 Å². The number of hydrogen-bond donors (Lipinski definition) is 2. The van der Waals surface area contributed by atoms with Crippen LogP contribution in [0.5, 0.6) is 0 Å². The number of nitrogen functional groups attached to an aromatic ring is 1. The van der Waals surface area contributed by atoms with E-state index < -0.39 is 9.85 Å². The summed E-state index contributed by atoms with van der Waals surface area (Å²) in [5.74, 6) is -0.341. The van der Waals surface area contributed by atoms with E-state index in [0.29, 0.717) is 11.1 Å². The summed E-state index contributed by atoms with van der Waals surface area (Å²) in [6.07, 6.45) is 0. The fraction of sp³-hybridized carbons (Fsp3) is 0.0741. The number of carbonyl (C=O) groups excluding carboxylic acids is 1. The zero-order valence-corrected chi connectivity index (χ0v) is 18.8. The second-order valence-corrected chi connectivity index (χ2v) is 7.37. The van der Waals surface area contributed by atoms with Gasteiger partial charge in [-0.15, -0.1) is 0 Å². The van der Waals surface area contributed by atoms with E-state index in [9.17, 15) is 25.0 Å². The highest BCUT2D eigenvalue weighted by molar-refractivity contribution is 5.97. The number of anilines is 2. The van der Waals surface area contributed by atoms with E-state index >= 15 is 0 Å². The zero-order valence-electron chi connectivity index (χ0n) is 18.8. The summed E-state index contributed by atoms with van der Waals surface area (Å²) in [7, 11) is 0. The summed E-state index contributed by atoms with van der Waals surface area (Å²) in [5, 5.41) is 24.3. The lowest BCUT2D eigenvalue weighted by Crippen LogP contribution is -2.09. The van der Waals surface area contributed by atoms with Crippen LogP contribution in [0.15, 0.2) is 97.1 Å². The van der Waals surface area contributed by atoms with E-state index in [0.717, 1.165) is 11.1 Å². The minimum atomic E-state index is -0.502. The van der Waals surface area contributed by atoms with Gasteiger partial charge >= 0.3 is 0 Å². The molecule has 0 saturated carbocycles. The number of carbonyl (C=O) groups is 1. The number of para-hydroxylation sites is 2. The highest BCUT2D eigenvalue weighted by Gasteiger charge is 2.19. The first-order chi connectivity index (χ1) is 16.8. The molecule has 0 aliphatic heterocycles. The quantitative estimate of drug-likeness (QED) is 0.183. The molecule has 0 aliphatic rings. The maximum Gasteiger partial charge on any atom is 0.293 e. The van der Waals surface area contributed by atoms with E-state index in [2.05, 4.69) is 5.32 Å². The minimum Gasteiger partial charge on any atom is -0.393 e. The van der Waals surface area contributed by atoms with Gasteiger partial charge in [-0.05, 0) is 11.1 Å². The Morgan fingerprint density at radius 2 is 1.14 bits per heavy atom. The van der Waals surface area contributed by atoms with Gasteiger partial charge in [0.05, 0.1) is 9.85 Å². The number of benzene rings is 4. The molecule has 1 amide bonds. The molecule has 0 unspecified atom stereocenters. The van der Waals surface area contributed by atoms with E-state index in [1.165, 1.54) is 19.1 Å². The summed E-state index contributed by atoms with van der Waals surface area (Å²) in [4.78, 5) is 32.0. The van der Waals surface area contributed by atoms with Crippen molar-refractivity contribution in [3.63, 3.8) is 0 Å². The summed E-state index contributed by atoms with van der Waals surface area (Å²) >= 11 is 0. The second kappa shape index (κ2) is 12.4. The number of nitro benzene ring substituents is 2. The molecule has 0 spiro atoms. The van der Waals surface area contributed by atoms with Crippen LogP contribution in [0.1, 0.15) is 14.4 Å². The van der Waals surface area contributed by atoms with Gasteiger partial charge in [-0.25, -0.2) is 0 Å². The van der Waals surface area contributed by atoms with Crippen LogP contribution in [0.2, 0.25) is 0 Å². The van der Waals surface area contributed by atoms with Crippen molar-refractivity contribution in [1.82, 2.24) is 0 Å². The van der Waals surface area contributed by atoms with Gasteiger partial charge in [0.1, 0.15) is 11.4 Å².